The first kappa shape index (κ1) is 33.3. The molecule has 4 atom stereocenters. The normalized spacial score (nSPS) is 18.7. The molecular weight excluding hydrogens is 558 g/mol. The number of hydrogen-bond donors (Lipinski definition) is 3. The summed E-state index contributed by atoms with van der Waals surface area (Å²) < 4.78 is 37.1. The van der Waals surface area contributed by atoms with E-state index in [-0.39, 0.29) is 18.8 Å². The average Bonchev–Trinajstić information content (AvgIpc) is 2.98. The Morgan fingerprint density at radius 2 is 1.79 bits per heavy atom. The highest BCUT2D eigenvalue weighted by atomic mass is 32.2. The minimum Gasteiger partial charge on any atom is -0.497 e. The topological polar surface area (TPSA) is 146 Å². The number of nitrogens with two attached hydrogens (primary N) is 1. The minimum atomic E-state index is -4.11. The Labute approximate surface area is 248 Å². The number of hydroxylamine groups is 1. The lowest BCUT2D eigenvalue weighted by Gasteiger charge is -2.40. The number of hydrogen-bond acceptors (Lipinski definition) is 8. The smallest absolute Gasteiger partial charge is 0.249 e. The van der Waals surface area contributed by atoms with E-state index in [0.29, 0.717) is 24.3 Å². The quantitative estimate of drug-likeness (QED) is 0.169. The number of hydrazine groups is 1. The molecule has 10 nitrogen and oxygen atoms in total. The molecule has 4 N–H and O–H groups in total. The molecule has 1 aliphatic heterocycles. The minimum absolute atomic E-state index is 0.0680. The number of carbonyl (C=O) groups excluding carboxylic acids is 2. The fourth-order valence-electron chi connectivity index (χ4n) is 5.37. The summed E-state index contributed by atoms with van der Waals surface area (Å²) in [6.45, 7) is 4.27. The molecule has 0 aromatic heterocycles. The van der Waals surface area contributed by atoms with Gasteiger partial charge in [0.25, 0.3) is 0 Å². The summed E-state index contributed by atoms with van der Waals surface area (Å²) in [5.41, 5.74) is 5.99. The highest BCUT2D eigenvalue weighted by Gasteiger charge is 2.54. The van der Waals surface area contributed by atoms with Crippen molar-refractivity contribution >= 4 is 27.7 Å². The van der Waals surface area contributed by atoms with Crippen LogP contribution in [0.3, 0.4) is 0 Å². The zero-order valence-electron chi connectivity index (χ0n) is 24.7. The van der Waals surface area contributed by atoms with Crippen LogP contribution < -0.4 is 21.5 Å². The molecule has 0 bridgehead atoms. The summed E-state index contributed by atoms with van der Waals surface area (Å²) in [7, 11) is -2.57. The number of rotatable bonds is 14. The summed E-state index contributed by atoms with van der Waals surface area (Å²) in [4.78, 5) is 33.2. The third-order valence-corrected chi connectivity index (χ3v) is 9.45. The van der Waals surface area contributed by atoms with Crippen LogP contribution in [0, 0.1) is 17.8 Å². The van der Waals surface area contributed by atoms with Gasteiger partial charge in [-0.15, -0.1) is 0 Å². The molecule has 2 amide bonds. The van der Waals surface area contributed by atoms with Crippen molar-refractivity contribution in [3.05, 3.63) is 71.8 Å². The monoisotopic (exact) mass is 601 g/mol. The third kappa shape index (κ3) is 8.64. The van der Waals surface area contributed by atoms with Crippen molar-refractivity contribution in [2.45, 2.75) is 57.0 Å². The van der Waals surface area contributed by atoms with E-state index in [4.69, 9.17) is 20.2 Å². The zero-order chi connectivity index (χ0) is 30.8. The van der Waals surface area contributed by atoms with Crippen LogP contribution in [0.2, 0.25) is 0 Å². The second kappa shape index (κ2) is 15.3. The molecule has 1 heterocycles. The van der Waals surface area contributed by atoms with E-state index < -0.39 is 44.5 Å². The van der Waals surface area contributed by atoms with Crippen molar-refractivity contribution in [1.82, 2.24) is 10.9 Å². The highest BCUT2D eigenvalue weighted by Crippen LogP contribution is 2.41. The largest absolute Gasteiger partial charge is 0.497 e. The Morgan fingerprint density at radius 1 is 1.10 bits per heavy atom. The Bertz CT molecular complexity index is 1290. The van der Waals surface area contributed by atoms with Gasteiger partial charge in [0.15, 0.2) is 16.1 Å². The summed E-state index contributed by atoms with van der Waals surface area (Å²) in [5, 5.41) is 0. The van der Waals surface area contributed by atoms with Crippen LogP contribution in [0.15, 0.2) is 60.7 Å². The molecule has 1 saturated heterocycles. The maximum Gasteiger partial charge on any atom is 0.249 e. The van der Waals surface area contributed by atoms with Crippen LogP contribution in [0.1, 0.15) is 50.7 Å². The Balaban J connectivity index is 2.23. The van der Waals surface area contributed by atoms with Gasteiger partial charge in [0.05, 0.1) is 18.9 Å². The van der Waals surface area contributed by atoms with Gasteiger partial charge in [-0.05, 0) is 54.9 Å². The van der Waals surface area contributed by atoms with Crippen LogP contribution in [0.4, 0.5) is 0 Å². The van der Waals surface area contributed by atoms with Gasteiger partial charge in [0.2, 0.25) is 11.8 Å². The molecule has 0 aliphatic carbocycles. The SMILES string of the molecule is COc1ccc(CC(/C=C/c2ccccc2)([C@H](C(=O)NOC2CCCCO2)[C@@H](CC(C)C)C(=O)NN)S(C)(=O)=O)cc1. The lowest BCUT2D eigenvalue weighted by Crippen LogP contribution is -2.58. The van der Waals surface area contributed by atoms with Crippen molar-refractivity contribution in [2.24, 2.45) is 23.6 Å². The van der Waals surface area contributed by atoms with Crippen LogP contribution in [0.25, 0.3) is 6.08 Å². The molecule has 1 fully saturated rings. The van der Waals surface area contributed by atoms with Crippen LogP contribution >= 0.6 is 0 Å². The first-order valence-electron chi connectivity index (χ1n) is 14.1. The Morgan fingerprint density at radius 3 is 2.33 bits per heavy atom. The Hall–Kier alpha value is -3.25. The van der Waals surface area contributed by atoms with Gasteiger partial charge in [0.1, 0.15) is 10.5 Å². The molecule has 42 heavy (non-hydrogen) atoms. The fourth-order valence-corrected chi connectivity index (χ4v) is 6.84. The lowest BCUT2D eigenvalue weighted by molar-refractivity contribution is -0.203. The van der Waals surface area contributed by atoms with Gasteiger partial charge < -0.3 is 9.47 Å². The first-order valence-corrected chi connectivity index (χ1v) is 16.0. The van der Waals surface area contributed by atoms with Gasteiger partial charge in [0, 0.05) is 19.3 Å². The number of methoxy groups -OCH3 is 1. The van der Waals surface area contributed by atoms with E-state index in [1.54, 1.807) is 30.3 Å². The zero-order valence-corrected chi connectivity index (χ0v) is 25.6. The first-order chi connectivity index (χ1) is 20.0. The molecule has 2 unspecified atom stereocenters. The maximum atomic E-state index is 14.2. The number of ether oxygens (including phenoxy) is 2. The summed E-state index contributed by atoms with van der Waals surface area (Å²) in [6.07, 6.45) is 6.01. The predicted octanol–water partition coefficient (Wildman–Crippen LogP) is 3.58. The summed E-state index contributed by atoms with van der Waals surface area (Å²) in [5.74, 6) is 2.21. The van der Waals surface area contributed by atoms with Gasteiger partial charge in [-0.2, -0.15) is 0 Å². The van der Waals surface area contributed by atoms with Crippen molar-refractivity contribution in [3.63, 3.8) is 0 Å². The second-order valence-corrected chi connectivity index (χ2v) is 13.4. The van der Waals surface area contributed by atoms with E-state index in [0.717, 1.165) is 24.7 Å². The molecule has 0 radical (unpaired) electrons. The average molecular weight is 602 g/mol. The summed E-state index contributed by atoms with van der Waals surface area (Å²) in [6, 6.07) is 16.1. The van der Waals surface area contributed by atoms with Crippen molar-refractivity contribution in [3.8, 4) is 5.75 Å². The van der Waals surface area contributed by atoms with Crippen molar-refractivity contribution in [1.29, 1.82) is 0 Å². The molecular formula is C31H43N3O7S. The summed E-state index contributed by atoms with van der Waals surface area (Å²) >= 11 is 0. The number of sulfone groups is 1. The Kier molecular flexibility index (Phi) is 12.1. The number of benzene rings is 2. The van der Waals surface area contributed by atoms with E-state index in [1.807, 2.05) is 44.2 Å². The van der Waals surface area contributed by atoms with E-state index in [2.05, 4.69) is 10.9 Å². The molecule has 0 saturated carbocycles. The highest BCUT2D eigenvalue weighted by molar-refractivity contribution is 7.92. The molecule has 230 valence electrons. The molecule has 1 aliphatic rings. The predicted molar refractivity (Wildman–Crippen MR) is 161 cm³/mol. The second-order valence-electron chi connectivity index (χ2n) is 11.1. The van der Waals surface area contributed by atoms with Gasteiger partial charge in [-0.25, -0.2) is 24.6 Å². The molecule has 2 aromatic rings. The van der Waals surface area contributed by atoms with Crippen LogP contribution in [-0.4, -0.2) is 51.2 Å². The molecule has 2 aromatic carbocycles. The molecule has 11 heteroatoms. The molecule has 0 spiro atoms. The van der Waals surface area contributed by atoms with Gasteiger partial charge >= 0.3 is 0 Å². The van der Waals surface area contributed by atoms with Crippen molar-refractivity contribution < 1.29 is 32.3 Å². The fraction of sp³-hybridized carbons (Fsp3) is 0.484. The van der Waals surface area contributed by atoms with E-state index in [9.17, 15) is 18.0 Å². The van der Waals surface area contributed by atoms with Gasteiger partial charge in [-0.1, -0.05) is 68.5 Å². The molecule has 3 rings (SSSR count). The number of amides is 2. The van der Waals surface area contributed by atoms with E-state index >= 15 is 0 Å². The van der Waals surface area contributed by atoms with Crippen LogP contribution in [-0.2, 0) is 35.4 Å². The lowest BCUT2D eigenvalue weighted by atomic mass is 9.73. The van der Waals surface area contributed by atoms with Gasteiger partial charge in [-0.3, -0.25) is 15.0 Å². The number of nitrogens with one attached hydrogen (secondary N) is 2. The van der Waals surface area contributed by atoms with Crippen LogP contribution in [0.5, 0.6) is 5.75 Å². The van der Waals surface area contributed by atoms with Crippen molar-refractivity contribution in [2.75, 3.05) is 20.0 Å². The number of carbonyl (C=O) groups is 2. The maximum absolute atomic E-state index is 14.2. The van der Waals surface area contributed by atoms with E-state index in [1.165, 1.54) is 13.2 Å². The standard InChI is InChI=1S/C31H43N3O7S/c1-22(2)20-26(29(35)33-32)28(30(36)34-41-27-12-8-9-19-40-27)31(42(4,37)38,18-17-23-10-6-5-7-11-23)21-24-13-15-25(39-3)16-14-24/h5-7,10-11,13-18,22,26-28H,8-9,12,19-21,32H2,1-4H3,(H,33,35)(H,34,36)/b18-17+/t26-,27?,28+,31?/m1/s1. The third-order valence-electron chi connectivity index (χ3n) is 7.53.